The highest BCUT2D eigenvalue weighted by Crippen LogP contribution is 2.37. The molecule has 0 spiro atoms. The first-order chi connectivity index (χ1) is 12.6. The normalized spacial score (nSPS) is 11.0. The van der Waals surface area contributed by atoms with E-state index in [-0.39, 0.29) is 12.4 Å². The predicted molar refractivity (Wildman–Crippen MR) is 103 cm³/mol. The summed E-state index contributed by atoms with van der Waals surface area (Å²) < 4.78 is 7.58. The second-order valence-electron chi connectivity index (χ2n) is 6.09. The Morgan fingerprint density at radius 1 is 1.19 bits per heavy atom. The van der Waals surface area contributed by atoms with Gasteiger partial charge in [0, 0.05) is 24.2 Å². The number of benzene rings is 1. The van der Waals surface area contributed by atoms with Crippen molar-refractivity contribution in [1.29, 1.82) is 0 Å². The van der Waals surface area contributed by atoms with Gasteiger partial charge in [0.1, 0.15) is 11.2 Å². The molecule has 4 rings (SSSR count). The molecule has 6 heteroatoms. The van der Waals surface area contributed by atoms with Gasteiger partial charge in [-0.3, -0.25) is 4.79 Å². The third-order valence-electron chi connectivity index (χ3n) is 4.27. The minimum atomic E-state index is -0.0867. The number of hydrogen-bond donors (Lipinski definition) is 0. The summed E-state index contributed by atoms with van der Waals surface area (Å²) in [6.07, 6.45) is 3.31. The van der Waals surface area contributed by atoms with Crippen LogP contribution in [0.15, 0.2) is 54.3 Å². The second kappa shape index (κ2) is 6.72. The molecule has 0 unspecified atom stereocenters. The van der Waals surface area contributed by atoms with Crippen molar-refractivity contribution in [3.63, 3.8) is 0 Å². The topological polar surface area (TPSA) is 57.0 Å². The molecular weight excluding hydrogens is 346 g/mol. The smallest absolute Gasteiger partial charge is 0.226 e. The van der Waals surface area contributed by atoms with Crippen LogP contribution in [-0.4, -0.2) is 26.9 Å². The average Bonchev–Trinajstić information content (AvgIpc) is 3.27. The molecule has 26 heavy (non-hydrogen) atoms. The molecule has 0 radical (unpaired) electrons. The van der Waals surface area contributed by atoms with Crippen LogP contribution in [0.4, 0.5) is 0 Å². The summed E-state index contributed by atoms with van der Waals surface area (Å²) in [5, 5.41) is 2.90. The van der Waals surface area contributed by atoms with Crippen LogP contribution in [0, 0.1) is 6.92 Å². The van der Waals surface area contributed by atoms with Crippen LogP contribution in [0.5, 0.6) is 5.88 Å². The minimum Gasteiger partial charge on any atom is -0.469 e. The van der Waals surface area contributed by atoms with Crippen molar-refractivity contribution in [2.45, 2.75) is 6.92 Å². The second-order valence-corrected chi connectivity index (χ2v) is 6.95. The van der Waals surface area contributed by atoms with Crippen LogP contribution >= 0.6 is 11.3 Å². The number of nitrogens with zero attached hydrogens (tertiary/aromatic N) is 3. The van der Waals surface area contributed by atoms with Crippen molar-refractivity contribution in [2.24, 2.45) is 7.05 Å². The molecule has 0 aliphatic heterocycles. The van der Waals surface area contributed by atoms with Crippen LogP contribution in [0.3, 0.4) is 0 Å². The van der Waals surface area contributed by atoms with Gasteiger partial charge in [0.05, 0.1) is 11.1 Å². The molecule has 1 aromatic carbocycles. The molecule has 0 saturated heterocycles. The monoisotopic (exact) mass is 363 g/mol. The van der Waals surface area contributed by atoms with Gasteiger partial charge < -0.3 is 9.30 Å². The van der Waals surface area contributed by atoms with Crippen LogP contribution in [0.25, 0.3) is 21.3 Å². The van der Waals surface area contributed by atoms with E-state index in [0.29, 0.717) is 11.6 Å². The maximum Gasteiger partial charge on any atom is 0.226 e. The van der Waals surface area contributed by atoms with Crippen molar-refractivity contribution in [3.05, 3.63) is 65.6 Å². The van der Waals surface area contributed by atoms with Crippen LogP contribution < -0.4 is 4.74 Å². The van der Waals surface area contributed by atoms with E-state index in [4.69, 9.17) is 4.74 Å². The molecule has 0 bridgehead atoms. The quantitative estimate of drug-likeness (QED) is 0.497. The molecule has 0 amide bonds. The number of rotatable bonds is 5. The molecule has 3 heterocycles. The Morgan fingerprint density at radius 2 is 2.00 bits per heavy atom. The van der Waals surface area contributed by atoms with E-state index in [1.54, 1.807) is 22.0 Å². The maximum absolute atomic E-state index is 12.4. The lowest BCUT2D eigenvalue weighted by Crippen LogP contribution is -2.15. The predicted octanol–water partition coefficient (Wildman–Crippen LogP) is 4.27. The van der Waals surface area contributed by atoms with Crippen LogP contribution in [-0.2, 0) is 7.05 Å². The summed E-state index contributed by atoms with van der Waals surface area (Å²) in [5.74, 6) is 0.353. The van der Waals surface area contributed by atoms with Gasteiger partial charge >= 0.3 is 0 Å². The van der Waals surface area contributed by atoms with E-state index in [2.05, 4.69) is 46.5 Å². The standard InChI is InChI=1S/C20H17N3O2S/c1-13-5-7-14(8-6-13)15-11-26-20-18(15)19(21-12-22-20)25-10-17(24)16-4-3-9-23(16)2/h3-9,11-12H,10H2,1-2H3. The van der Waals surface area contributed by atoms with E-state index < -0.39 is 0 Å². The Bertz CT molecular complexity index is 1080. The summed E-state index contributed by atoms with van der Waals surface area (Å²) >= 11 is 1.54. The first-order valence-electron chi connectivity index (χ1n) is 8.20. The summed E-state index contributed by atoms with van der Waals surface area (Å²) in [6, 6.07) is 11.9. The van der Waals surface area contributed by atoms with Gasteiger partial charge in [-0.1, -0.05) is 29.8 Å². The average molecular weight is 363 g/mol. The lowest BCUT2D eigenvalue weighted by atomic mass is 10.0. The summed E-state index contributed by atoms with van der Waals surface area (Å²) in [6.45, 7) is 2.00. The first-order valence-corrected chi connectivity index (χ1v) is 9.08. The number of carbonyl (C=O) groups is 1. The number of ether oxygens (including phenoxy) is 1. The van der Waals surface area contributed by atoms with Gasteiger partial charge in [-0.05, 0) is 24.6 Å². The Morgan fingerprint density at radius 3 is 2.73 bits per heavy atom. The van der Waals surface area contributed by atoms with E-state index in [9.17, 15) is 4.79 Å². The van der Waals surface area contributed by atoms with Gasteiger partial charge in [0.15, 0.2) is 6.61 Å². The maximum atomic E-state index is 12.4. The molecular formula is C20H17N3O2S. The molecule has 0 aliphatic rings. The molecule has 0 aliphatic carbocycles. The fourth-order valence-corrected chi connectivity index (χ4v) is 3.77. The summed E-state index contributed by atoms with van der Waals surface area (Å²) in [4.78, 5) is 21.8. The van der Waals surface area contributed by atoms with Crippen LogP contribution in [0.1, 0.15) is 16.1 Å². The number of fused-ring (bicyclic) bond motifs is 1. The largest absolute Gasteiger partial charge is 0.469 e. The van der Waals surface area contributed by atoms with Crippen molar-refractivity contribution in [3.8, 4) is 17.0 Å². The lowest BCUT2D eigenvalue weighted by molar-refractivity contribution is 0.0911. The zero-order valence-electron chi connectivity index (χ0n) is 14.5. The molecule has 5 nitrogen and oxygen atoms in total. The highest BCUT2D eigenvalue weighted by molar-refractivity contribution is 7.17. The highest BCUT2D eigenvalue weighted by atomic mass is 32.1. The van der Waals surface area contributed by atoms with E-state index >= 15 is 0 Å². The fourth-order valence-electron chi connectivity index (χ4n) is 2.86. The summed E-state index contributed by atoms with van der Waals surface area (Å²) in [5.41, 5.74) is 3.91. The molecule has 0 saturated carbocycles. The fraction of sp³-hybridized carbons (Fsp3) is 0.150. The Labute approximate surface area is 154 Å². The Kier molecular flexibility index (Phi) is 4.26. The third-order valence-corrected chi connectivity index (χ3v) is 5.15. The molecule has 0 fully saturated rings. The Hall–Kier alpha value is -2.99. The van der Waals surface area contributed by atoms with Crippen molar-refractivity contribution >= 4 is 27.3 Å². The molecule has 0 atom stereocenters. The number of Topliss-reactive ketones (excluding diaryl/α,β-unsaturated/α-hetero) is 1. The molecule has 3 aromatic heterocycles. The number of aromatic nitrogens is 3. The van der Waals surface area contributed by atoms with Gasteiger partial charge in [0.25, 0.3) is 0 Å². The lowest BCUT2D eigenvalue weighted by Gasteiger charge is -2.08. The van der Waals surface area contributed by atoms with Gasteiger partial charge in [-0.25, -0.2) is 9.97 Å². The number of thiophene rings is 1. The van der Waals surface area contributed by atoms with Crippen molar-refractivity contribution < 1.29 is 9.53 Å². The minimum absolute atomic E-state index is 0.0624. The SMILES string of the molecule is Cc1ccc(-c2csc3ncnc(OCC(=O)c4cccn4C)c23)cc1. The molecule has 4 aromatic rings. The number of carbonyl (C=O) groups excluding carboxylic acids is 1. The van der Waals surface area contributed by atoms with Crippen molar-refractivity contribution in [1.82, 2.24) is 14.5 Å². The number of ketones is 1. The van der Waals surface area contributed by atoms with Gasteiger partial charge in [0.2, 0.25) is 11.7 Å². The zero-order valence-corrected chi connectivity index (χ0v) is 15.3. The van der Waals surface area contributed by atoms with E-state index in [1.165, 1.54) is 11.9 Å². The summed E-state index contributed by atoms with van der Waals surface area (Å²) in [7, 11) is 1.84. The first kappa shape index (κ1) is 16.5. The van der Waals surface area contributed by atoms with Crippen LogP contribution in [0.2, 0.25) is 0 Å². The molecule has 0 N–H and O–H groups in total. The Balaban J connectivity index is 1.67. The van der Waals surface area contributed by atoms with Crippen molar-refractivity contribution in [2.75, 3.05) is 6.61 Å². The highest BCUT2D eigenvalue weighted by Gasteiger charge is 2.16. The molecule has 130 valence electrons. The number of hydrogen-bond acceptors (Lipinski definition) is 5. The third kappa shape index (κ3) is 2.99. The van der Waals surface area contributed by atoms with E-state index in [0.717, 1.165) is 21.3 Å². The zero-order chi connectivity index (χ0) is 18.1. The van der Waals surface area contributed by atoms with Gasteiger partial charge in [-0.15, -0.1) is 11.3 Å². The number of aryl methyl sites for hydroxylation is 2. The van der Waals surface area contributed by atoms with Gasteiger partial charge in [-0.2, -0.15) is 0 Å². The van der Waals surface area contributed by atoms with E-state index in [1.807, 2.05) is 19.3 Å².